The van der Waals surface area contributed by atoms with Crippen molar-refractivity contribution in [3.63, 3.8) is 0 Å². The third-order valence-corrected chi connectivity index (χ3v) is 4.82. The summed E-state index contributed by atoms with van der Waals surface area (Å²) >= 11 is 1.56. The minimum atomic E-state index is -0.171. The zero-order valence-corrected chi connectivity index (χ0v) is 14.5. The summed E-state index contributed by atoms with van der Waals surface area (Å²) in [5.41, 5.74) is 2.40. The van der Waals surface area contributed by atoms with E-state index in [9.17, 15) is 9.59 Å². The van der Waals surface area contributed by atoms with Crippen LogP contribution >= 0.6 is 11.3 Å². The molecule has 0 aliphatic carbocycles. The van der Waals surface area contributed by atoms with Crippen molar-refractivity contribution in [1.29, 1.82) is 0 Å². The Kier molecular flexibility index (Phi) is 5.93. The van der Waals surface area contributed by atoms with Crippen molar-refractivity contribution in [3.05, 3.63) is 51.2 Å². The Balaban J connectivity index is 2.17. The second-order valence-corrected chi connectivity index (χ2v) is 6.41. The molecule has 0 fully saturated rings. The van der Waals surface area contributed by atoms with Gasteiger partial charge in [-0.2, -0.15) is 0 Å². The number of carbonyl (C=O) groups is 2. The number of amides is 2. The summed E-state index contributed by atoms with van der Waals surface area (Å²) in [6, 6.07) is 8.92. The van der Waals surface area contributed by atoms with Gasteiger partial charge in [-0.15, -0.1) is 11.3 Å². The molecule has 23 heavy (non-hydrogen) atoms. The van der Waals surface area contributed by atoms with Crippen LogP contribution in [0.2, 0.25) is 0 Å². The highest BCUT2D eigenvalue weighted by Crippen LogP contribution is 2.25. The average Bonchev–Trinajstić information content (AvgIpc) is 2.98. The number of hydrogen-bond donors (Lipinski definition) is 2. The van der Waals surface area contributed by atoms with Gasteiger partial charge < -0.3 is 10.6 Å². The van der Waals surface area contributed by atoms with Crippen molar-refractivity contribution in [3.8, 4) is 0 Å². The van der Waals surface area contributed by atoms with Crippen molar-refractivity contribution < 1.29 is 9.59 Å². The normalized spacial score (nSPS) is 10.4. The molecule has 4 nitrogen and oxygen atoms in total. The molecule has 0 radical (unpaired) electrons. The quantitative estimate of drug-likeness (QED) is 0.844. The van der Waals surface area contributed by atoms with Crippen molar-refractivity contribution in [2.24, 2.45) is 0 Å². The van der Waals surface area contributed by atoms with E-state index < -0.39 is 0 Å². The lowest BCUT2D eigenvalue weighted by molar-refractivity contribution is 0.0961. The van der Waals surface area contributed by atoms with Crippen molar-refractivity contribution in [2.45, 2.75) is 33.1 Å². The predicted molar refractivity (Wildman–Crippen MR) is 95.5 cm³/mol. The van der Waals surface area contributed by atoms with Crippen LogP contribution in [0.25, 0.3) is 0 Å². The Hall–Kier alpha value is -2.14. The van der Waals surface area contributed by atoms with Crippen LogP contribution < -0.4 is 10.6 Å². The van der Waals surface area contributed by atoms with Gasteiger partial charge >= 0.3 is 0 Å². The predicted octanol–water partition coefficient (Wildman–Crippen LogP) is 3.87. The van der Waals surface area contributed by atoms with Crippen LogP contribution in [0, 0.1) is 0 Å². The maximum atomic E-state index is 12.4. The zero-order valence-electron chi connectivity index (χ0n) is 13.7. The topological polar surface area (TPSA) is 58.2 Å². The number of carbonyl (C=O) groups excluding carboxylic acids is 2. The molecule has 1 aromatic carbocycles. The lowest BCUT2D eigenvalue weighted by Crippen LogP contribution is -2.18. The SMILES string of the molecule is CCCc1sc(C(=O)Nc2cccc(C(=O)NC)c2)cc1CC. The molecule has 2 N–H and O–H groups in total. The van der Waals surface area contributed by atoms with Gasteiger partial charge in [-0.1, -0.05) is 26.3 Å². The molecule has 0 saturated carbocycles. The fourth-order valence-corrected chi connectivity index (χ4v) is 3.64. The van der Waals surface area contributed by atoms with E-state index in [1.54, 1.807) is 42.6 Å². The van der Waals surface area contributed by atoms with E-state index in [-0.39, 0.29) is 11.8 Å². The summed E-state index contributed by atoms with van der Waals surface area (Å²) < 4.78 is 0. The first-order chi connectivity index (χ1) is 11.1. The van der Waals surface area contributed by atoms with Gasteiger partial charge in [-0.3, -0.25) is 9.59 Å². The Bertz CT molecular complexity index is 707. The Morgan fingerprint density at radius 1 is 1.13 bits per heavy atom. The maximum Gasteiger partial charge on any atom is 0.265 e. The molecule has 122 valence electrons. The van der Waals surface area contributed by atoms with Gasteiger partial charge in [0, 0.05) is 23.2 Å². The summed E-state index contributed by atoms with van der Waals surface area (Å²) in [4.78, 5) is 26.1. The monoisotopic (exact) mass is 330 g/mol. The van der Waals surface area contributed by atoms with Crippen LogP contribution in [0.15, 0.2) is 30.3 Å². The molecule has 5 heteroatoms. The van der Waals surface area contributed by atoms with E-state index in [0.717, 1.165) is 24.1 Å². The van der Waals surface area contributed by atoms with E-state index >= 15 is 0 Å². The third kappa shape index (κ3) is 4.20. The molecule has 0 unspecified atom stereocenters. The lowest BCUT2D eigenvalue weighted by atomic mass is 10.1. The van der Waals surface area contributed by atoms with Crippen LogP contribution in [0.3, 0.4) is 0 Å². The Morgan fingerprint density at radius 3 is 2.57 bits per heavy atom. The number of anilines is 1. The number of rotatable bonds is 6. The van der Waals surface area contributed by atoms with Crippen LogP contribution in [0.1, 0.15) is 50.7 Å². The number of benzene rings is 1. The average molecular weight is 330 g/mol. The molecule has 1 heterocycles. The molecule has 0 bridgehead atoms. The first-order valence-corrected chi connectivity index (χ1v) is 8.65. The molecule has 2 rings (SSSR count). The van der Waals surface area contributed by atoms with Gasteiger partial charge in [0.15, 0.2) is 0 Å². The molecule has 0 spiro atoms. The van der Waals surface area contributed by atoms with Gasteiger partial charge in [0.05, 0.1) is 4.88 Å². The fourth-order valence-electron chi connectivity index (χ4n) is 2.39. The number of aryl methyl sites for hydroxylation is 2. The summed E-state index contributed by atoms with van der Waals surface area (Å²) in [7, 11) is 1.58. The molecule has 0 aliphatic heterocycles. The van der Waals surface area contributed by atoms with E-state index in [1.807, 2.05) is 6.07 Å². The van der Waals surface area contributed by atoms with Crippen molar-refractivity contribution in [1.82, 2.24) is 5.32 Å². The second kappa shape index (κ2) is 7.92. The first-order valence-electron chi connectivity index (χ1n) is 7.84. The highest BCUT2D eigenvalue weighted by Gasteiger charge is 2.14. The standard InChI is InChI=1S/C18H22N2O2S/c1-4-7-15-12(5-2)11-16(23-15)18(22)20-14-9-6-8-13(10-14)17(21)19-3/h6,8-11H,4-5,7H2,1-3H3,(H,19,21)(H,20,22). The fraction of sp³-hybridized carbons (Fsp3) is 0.333. The third-order valence-electron chi connectivity index (χ3n) is 3.59. The van der Waals surface area contributed by atoms with Crippen molar-refractivity contribution in [2.75, 3.05) is 12.4 Å². The molecule has 0 aliphatic rings. The van der Waals surface area contributed by atoms with E-state index in [2.05, 4.69) is 24.5 Å². The second-order valence-electron chi connectivity index (χ2n) is 5.28. The molecule has 0 atom stereocenters. The minimum absolute atomic E-state index is 0.124. The molecule has 2 amide bonds. The van der Waals surface area contributed by atoms with E-state index in [4.69, 9.17) is 0 Å². The highest BCUT2D eigenvalue weighted by atomic mass is 32.1. The van der Waals surface area contributed by atoms with Gasteiger partial charge in [-0.05, 0) is 42.7 Å². The minimum Gasteiger partial charge on any atom is -0.355 e. The summed E-state index contributed by atoms with van der Waals surface area (Å²) in [6.07, 6.45) is 3.02. The number of hydrogen-bond acceptors (Lipinski definition) is 3. The molecule has 2 aromatic rings. The zero-order chi connectivity index (χ0) is 16.8. The van der Waals surface area contributed by atoms with Crippen LogP contribution in [-0.2, 0) is 12.8 Å². The highest BCUT2D eigenvalue weighted by molar-refractivity contribution is 7.14. The first kappa shape index (κ1) is 17.2. The van der Waals surface area contributed by atoms with Gasteiger partial charge in [-0.25, -0.2) is 0 Å². The van der Waals surface area contributed by atoms with Crippen LogP contribution in [-0.4, -0.2) is 18.9 Å². The lowest BCUT2D eigenvalue weighted by Gasteiger charge is -2.06. The molecular weight excluding hydrogens is 308 g/mol. The maximum absolute atomic E-state index is 12.4. The Morgan fingerprint density at radius 2 is 1.91 bits per heavy atom. The summed E-state index contributed by atoms with van der Waals surface area (Å²) in [6.45, 7) is 4.25. The summed E-state index contributed by atoms with van der Waals surface area (Å²) in [5.74, 6) is -0.295. The number of thiophene rings is 1. The van der Waals surface area contributed by atoms with Crippen LogP contribution in [0.5, 0.6) is 0 Å². The molecule has 1 aromatic heterocycles. The largest absolute Gasteiger partial charge is 0.355 e. The van der Waals surface area contributed by atoms with Gasteiger partial charge in [0.2, 0.25) is 0 Å². The van der Waals surface area contributed by atoms with Gasteiger partial charge in [0.25, 0.3) is 11.8 Å². The van der Waals surface area contributed by atoms with E-state index in [1.165, 1.54) is 10.4 Å². The summed E-state index contributed by atoms with van der Waals surface area (Å²) in [5, 5.41) is 5.45. The molecular formula is C18H22N2O2S. The molecule has 0 saturated heterocycles. The Labute approximate surface area is 140 Å². The van der Waals surface area contributed by atoms with Gasteiger partial charge in [0.1, 0.15) is 0 Å². The van der Waals surface area contributed by atoms with Crippen LogP contribution in [0.4, 0.5) is 5.69 Å². The number of nitrogens with one attached hydrogen (secondary N) is 2. The smallest absolute Gasteiger partial charge is 0.265 e. The van der Waals surface area contributed by atoms with Crippen molar-refractivity contribution >= 4 is 28.8 Å². The van der Waals surface area contributed by atoms with E-state index in [0.29, 0.717) is 11.3 Å².